The van der Waals surface area contributed by atoms with E-state index in [1.165, 1.54) is 23.4 Å². The Morgan fingerprint density at radius 2 is 1.90 bits per heavy atom. The predicted molar refractivity (Wildman–Crippen MR) is 73.9 cm³/mol. The van der Waals surface area contributed by atoms with Crippen LogP contribution in [-0.4, -0.2) is 4.98 Å². The standard InChI is InChI=1S/C15H14F3NS/c1-9-3-2-4-12-13(9)19-14(20-12)10-5-7-11(8-6-10)15(16,17)18/h5-9H,2-4H2,1H3. The molecule has 1 heterocycles. The lowest BCUT2D eigenvalue weighted by atomic mass is 9.93. The van der Waals surface area contributed by atoms with Crippen molar-refractivity contribution in [2.45, 2.75) is 38.3 Å². The van der Waals surface area contributed by atoms with Gasteiger partial charge in [0.25, 0.3) is 0 Å². The average Bonchev–Trinajstić information content (AvgIpc) is 2.83. The summed E-state index contributed by atoms with van der Waals surface area (Å²) in [7, 11) is 0. The summed E-state index contributed by atoms with van der Waals surface area (Å²) in [5.41, 5.74) is 1.29. The maximum Gasteiger partial charge on any atom is 0.416 e. The van der Waals surface area contributed by atoms with Crippen LogP contribution in [0.1, 0.15) is 41.8 Å². The minimum atomic E-state index is -4.28. The number of hydrogen-bond acceptors (Lipinski definition) is 2. The summed E-state index contributed by atoms with van der Waals surface area (Å²) in [6.07, 6.45) is -0.931. The number of rotatable bonds is 1. The maximum absolute atomic E-state index is 12.5. The molecule has 20 heavy (non-hydrogen) atoms. The van der Waals surface area contributed by atoms with Gasteiger partial charge in [-0.2, -0.15) is 13.2 Å². The fraction of sp³-hybridized carbons (Fsp3) is 0.400. The van der Waals surface area contributed by atoms with Gasteiger partial charge in [0.1, 0.15) is 5.01 Å². The molecule has 0 saturated heterocycles. The highest BCUT2D eigenvalue weighted by Crippen LogP contribution is 2.38. The highest BCUT2D eigenvalue weighted by Gasteiger charge is 2.30. The fourth-order valence-corrected chi connectivity index (χ4v) is 3.79. The summed E-state index contributed by atoms with van der Waals surface area (Å²) < 4.78 is 37.6. The third kappa shape index (κ3) is 2.46. The van der Waals surface area contributed by atoms with Crippen LogP contribution in [0.3, 0.4) is 0 Å². The molecular formula is C15H14F3NS. The van der Waals surface area contributed by atoms with Crippen molar-refractivity contribution in [2.75, 3.05) is 0 Å². The van der Waals surface area contributed by atoms with E-state index in [2.05, 4.69) is 11.9 Å². The zero-order valence-electron chi connectivity index (χ0n) is 11.0. The first-order chi connectivity index (χ1) is 9.45. The van der Waals surface area contributed by atoms with Crippen molar-refractivity contribution in [2.24, 2.45) is 0 Å². The monoisotopic (exact) mass is 297 g/mol. The first-order valence-corrected chi connectivity index (χ1v) is 7.44. The first-order valence-electron chi connectivity index (χ1n) is 6.62. The molecule has 0 radical (unpaired) electrons. The topological polar surface area (TPSA) is 12.9 Å². The van der Waals surface area contributed by atoms with Crippen LogP contribution >= 0.6 is 11.3 Å². The van der Waals surface area contributed by atoms with Gasteiger partial charge >= 0.3 is 6.18 Å². The van der Waals surface area contributed by atoms with E-state index in [1.807, 2.05) is 0 Å². The molecule has 1 atom stereocenters. The molecule has 106 valence electrons. The van der Waals surface area contributed by atoms with Gasteiger partial charge in [-0.25, -0.2) is 4.98 Å². The number of halogens is 3. The Bertz CT molecular complexity index is 613. The normalized spacial score (nSPS) is 18.9. The van der Waals surface area contributed by atoms with E-state index < -0.39 is 11.7 Å². The molecule has 1 aromatic carbocycles. The van der Waals surface area contributed by atoms with Crippen LogP contribution in [0.15, 0.2) is 24.3 Å². The van der Waals surface area contributed by atoms with Crippen molar-refractivity contribution < 1.29 is 13.2 Å². The number of hydrogen-bond donors (Lipinski definition) is 0. The van der Waals surface area contributed by atoms with Gasteiger partial charge in [-0.15, -0.1) is 11.3 Å². The van der Waals surface area contributed by atoms with Crippen molar-refractivity contribution in [3.8, 4) is 10.6 Å². The maximum atomic E-state index is 12.5. The van der Waals surface area contributed by atoms with Crippen molar-refractivity contribution in [3.63, 3.8) is 0 Å². The van der Waals surface area contributed by atoms with Crippen molar-refractivity contribution >= 4 is 11.3 Å². The number of aromatic nitrogens is 1. The van der Waals surface area contributed by atoms with Crippen LogP contribution < -0.4 is 0 Å². The Morgan fingerprint density at radius 1 is 1.20 bits per heavy atom. The zero-order chi connectivity index (χ0) is 14.3. The van der Waals surface area contributed by atoms with Crippen LogP contribution in [0.5, 0.6) is 0 Å². The molecule has 0 saturated carbocycles. The van der Waals surface area contributed by atoms with Gasteiger partial charge in [0.2, 0.25) is 0 Å². The summed E-state index contributed by atoms with van der Waals surface area (Å²) >= 11 is 1.61. The smallest absolute Gasteiger partial charge is 0.241 e. The molecule has 0 amide bonds. The predicted octanol–water partition coefficient (Wildman–Crippen LogP) is 5.27. The number of benzene rings is 1. The quantitative estimate of drug-likeness (QED) is 0.699. The van der Waals surface area contributed by atoms with Gasteiger partial charge in [0.15, 0.2) is 0 Å². The van der Waals surface area contributed by atoms with E-state index in [0.29, 0.717) is 5.92 Å². The lowest BCUT2D eigenvalue weighted by Crippen LogP contribution is -2.04. The van der Waals surface area contributed by atoms with E-state index in [-0.39, 0.29) is 0 Å². The molecule has 0 N–H and O–H groups in total. The van der Waals surface area contributed by atoms with E-state index in [0.717, 1.165) is 41.2 Å². The zero-order valence-corrected chi connectivity index (χ0v) is 11.8. The molecule has 0 aliphatic heterocycles. The molecule has 1 aliphatic rings. The summed E-state index contributed by atoms with van der Waals surface area (Å²) in [5.74, 6) is 0.457. The molecule has 0 spiro atoms. The van der Waals surface area contributed by atoms with Gasteiger partial charge in [-0.3, -0.25) is 0 Å². The Morgan fingerprint density at radius 3 is 2.50 bits per heavy atom. The molecule has 0 fully saturated rings. The van der Waals surface area contributed by atoms with Crippen molar-refractivity contribution in [3.05, 3.63) is 40.4 Å². The van der Waals surface area contributed by atoms with Crippen LogP contribution in [0.4, 0.5) is 13.2 Å². The number of nitrogens with zero attached hydrogens (tertiary/aromatic N) is 1. The van der Waals surface area contributed by atoms with Gasteiger partial charge < -0.3 is 0 Å². The van der Waals surface area contributed by atoms with Gasteiger partial charge in [-0.1, -0.05) is 19.1 Å². The number of thiazole rings is 1. The highest BCUT2D eigenvalue weighted by atomic mass is 32.1. The minimum Gasteiger partial charge on any atom is -0.241 e. The second kappa shape index (κ2) is 4.88. The lowest BCUT2D eigenvalue weighted by Gasteiger charge is -2.15. The molecule has 1 nitrogen and oxygen atoms in total. The van der Waals surface area contributed by atoms with E-state index in [1.54, 1.807) is 11.3 Å². The van der Waals surface area contributed by atoms with Gasteiger partial charge in [0, 0.05) is 10.4 Å². The Kier molecular flexibility index (Phi) is 3.32. The number of alkyl halides is 3. The third-order valence-corrected chi connectivity index (χ3v) is 4.87. The van der Waals surface area contributed by atoms with E-state index in [9.17, 15) is 13.2 Å². The van der Waals surface area contributed by atoms with Crippen molar-refractivity contribution in [1.82, 2.24) is 4.98 Å². The van der Waals surface area contributed by atoms with Gasteiger partial charge in [0.05, 0.1) is 11.3 Å². The average molecular weight is 297 g/mol. The SMILES string of the molecule is CC1CCCc2sc(-c3ccc(C(F)(F)F)cc3)nc21. The minimum absolute atomic E-state index is 0.457. The largest absolute Gasteiger partial charge is 0.416 e. The Balaban J connectivity index is 1.94. The van der Waals surface area contributed by atoms with Gasteiger partial charge in [-0.05, 0) is 37.3 Å². The summed E-state index contributed by atoms with van der Waals surface area (Å²) in [6.45, 7) is 2.16. The molecule has 3 rings (SSSR count). The van der Waals surface area contributed by atoms with E-state index in [4.69, 9.17) is 0 Å². The molecule has 1 unspecified atom stereocenters. The first kappa shape index (κ1) is 13.6. The summed E-state index contributed by atoms with van der Waals surface area (Å²) in [4.78, 5) is 5.92. The van der Waals surface area contributed by atoms with Crippen LogP contribution in [0.2, 0.25) is 0 Å². The second-order valence-corrected chi connectivity index (χ2v) is 6.28. The molecule has 5 heteroatoms. The molecule has 0 bridgehead atoms. The molecule has 1 aliphatic carbocycles. The Hall–Kier alpha value is -1.36. The summed E-state index contributed by atoms with van der Waals surface area (Å²) in [6, 6.07) is 5.27. The second-order valence-electron chi connectivity index (χ2n) is 5.20. The highest BCUT2D eigenvalue weighted by molar-refractivity contribution is 7.15. The van der Waals surface area contributed by atoms with Crippen LogP contribution in [-0.2, 0) is 12.6 Å². The van der Waals surface area contributed by atoms with Crippen LogP contribution in [0, 0.1) is 0 Å². The van der Waals surface area contributed by atoms with E-state index >= 15 is 0 Å². The molecule has 1 aromatic heterocycles. The fourth-order valence-electron chi connectivity index (χ4n) is 2.56. The summed E-state index contributed by atoms with van der Waals surface area (Å²) in [5, 5.41) is 0.831. The molecular weight excluding hydrogens is 283 g/mol. The number of aryl methyl sites for hydroxylation is 1. The van der Waals surface area contributed by atoms with Crippen LogP contribution in [0.25, 0.3) is 10.6 Å². The van der Waals surface area contributed by atoms with Crippen molar-refractivity contribution in [1.29, 1.82) is 0 Å². The Labute approximate surface area is 119 Å². The lowest BCUT2D eigenvalue weighted by molar-refractivity contribution is -0.137. The number of fused-ring (bicyclic) bond motifs is 1. The molecule has 2 aromatic rings. The third-order valence-electron chi connectivity index (χ3n) is 3.69.